The number of hydrogen-bond acceptors (Lipinski definition) is 4. The number of nitrogens with one attached hydrogen (secondary N) is 1. The van der Waals surface area contributed by atoms with E-state index in [1.165, 1.54) is 0 Å². The first-order valence-electron chi connectivity index (χ1n) is 5.34. The molecule has 1 heterocycles. The predicted octanol–water partition coefficient (Wildman–Crippen LogP) is 2.00. The fraction of sp³-hybridized carbons (Fsp3) is 0.364. The third-order valence-corrected chi connectivity index (χ3v) is 4.66. The van der Waals surface area contributed by atoms with E-state index < -0.39 is 11.5 Å². The first-order valence-corrected chi connectivity index (χ1v) is 7.05. The van der Waals surface area contributed by atoms with E-state index in [2.05, 4.69) is 41.8 Å². The molecule has 0 bridgehead atoms. The average Bonchev–Trinajstić information content (AvgIpc) is 2.31. The molecule has 96 valence electrons. The summed E-state index contributed by atoms with van der Waals surface area (Å²) in [4.78, 5) is 30.1. The van der Waals surface area contributed by atoms with Crippen LogP contribution in [0.2, 0.25) is 0 Å². The van der Waals surface area contributed by atoms with Crippen LogP contribution >= 0.6 is 31.9 Å². The summed E-state index contributed by atoms with van der Waals surface area (Å²) in [5.74, 6) is -0.702. The highest BCUT2D eigenvalue weighted by atomic mass is 79.9. The molecule has 0 saturated heterocycles. The maximum absolute atomic E-state index is 11.7. The van der Waals surface area contributed by atoms with E-state index in [0.717, 1.165) is 4.48 Å². The summed E-state index contributed by atoms with van der Waals surface area (Å²) in [5.41, 5.74) is 0.567. The fourth-order valence-electron chi connectivity index (χ4n) is 1.61. The Balaban J connectivity index is 2.48. The highest BCUT2D eigenvalue weighted by Crippen LogP contribution is 2.29. The van der Waals surface area contributed by atoms with E-state index in [9.17, 15) is 9.59 Å². The summed E-state index contributed by atoms with van der Waals surface area (Å²) >= 11 is 6.86. The summed E-state index contributed by atoms with van der Waals surface area (Å²) in [5, 5.41) is 0. The number of fused-ring (bicyclic) bond motifs is 1. The second-order valence-corrected chi connectivity index (χ2v) is 5.72. The summed E-state index contributed by atoms with van der Waals surface area (Å²) in [6.07, 6.45) is 2.38. The smallest absolute Gasteiger partial charge is 0.362 e. The molecule has 18 heavy (non-hydrogen) atoms. The van der Waals surface area contributed by atoms with Crippen LogP contribution in [0.3, 0.4) is 0 Å². The first kappa shape index (κ1) is 13.5. The van der Waals surface area contributed by atoms with Crippen molar-refractivity contribution in [2.24, 2.45) is 0 Å². The number of hydrogen-bond donors (Lipinski definition) is 1. The van der Waals surface area contributed by atoms with Crippen molar-refractivity contribution in [3.8, 4) is 0 Å². The molecule has 0 saturated carbocycles. The van der Waals surface area contributed by atoms with Crippen molar-refractivity contribution in [3.05, 3.63) is 31.9 Å². The number of rotatable bonds is 2. The Hall–Kier alpha value is -0.950. The molecule has 1 unspecified atom stereocenters. The maximum Gasteiger partial charge on any atom is 0.362 e. The lowest BCUT2D eigenvalue weighted by molar-refractivity contribution is 0.0517. The Morgan fingerprint density at radius 1 is 1.67 bits per heavy atom. The zero-order valence-corrected chi connectivity index (χ0v) is 12.7. The van der Waals surface area contributed by atoms with Crippen LogP contribution in [-0.2, 0) is 11.2 Å². The van der Waals surface area contributed by atoms with Crippen LogP contribution in [0.5, 0.6) is 0 Å². The highest BCUT2D eigenvalue weighted by Gasteiger charge is 2.23. The molecule has 1 atom stereocenters. The summed E-state index contributed by atoms with van der Waals surface area (Å²) in [7, 11) is 0. The lowest BCUT2D eigenvalue weighted by Gasteiger charge is -2.17. The van der Waals surface area contributed by atoms with Gasteiger partial charge >= 0.3 is 5.97 Å². The van der Waals surface area contributed by atoms with Crippen molar-refractivity contribution < 1.29 is 9.53 Å². The molecule has 1 aliphatic carbocycles. The number of H-pyrrole nitrogens is 1. The van der Waals surface area contributed by atoms with Crippen molar-refractivity contribution in [1.29, 1.82) is 0 Å². The molecule has 0 radical (unpaired) electrons. The van der Waals surface area contributed by atoms with Crippen LogP contribution in [0.15, 0.2) is 9.28 Å². The van der Waals surface area contributed by atoms with Gasteiger partial charge in [-0.25, -0.2) is 9.78 Å². The number of halogens is 2. The zero-order chi connectivity index (χ0) is 13.3. The Labute approximate surface area is 120 Å². The minimum atomic E-state index is -0.702. The SMILES string of the molecule is CCOC(=O)c1nc2c([nH]c1=O)CC(Br)C(Br)=C2. The lowest BCUT2D eigenvalue weighted by atomic mass is 10.1. The van der Waals surface area contributed by atoms with E-state index in [4.69, 9.17) is 4.74 Å². The largest absolute Gasteiger partial charge is 0.461 e. The van der Waals surface area contributed by atoms with E-state index in [1.807, 2.05) is 0 Å². The van der Waals surface area contributed by atoms with Crippen LogP contribution in [0, 0.1) is 0 Å². The third-order valence-electron chi connectivity index (χ3n) is 2.45. The number of ether oxygens (including phenoxy) is 1. The normalized spacial score (nSPS) is 17.9. The number of aromatic nitrogens is 2. The van der Waals surface area contributed by atoms with Gasteiger partial charge in [0, 0.05) is 16.6 Å². The van der Waals surface area contributed by atoms with Gasteiger partial charge in [-0.15, -0.1) is 0 Å². The van der Waals surface area contributed by atoms with Gasteiger partial charge in [-0.3, -0.25) is 4.79 Å². The minimum Gasteiger partial charge on any atom is -0.461 e. The lowest BCUT2D eigenvalue weighted by Crippen LogP contribution is -2.26. The Kier molecular flexibility index (Phi) is 4.01. The summed E-state index contributed by atoms with van der Waals surface area (Å²) in [6, 6.07) is 0. The minimum absolute atomic E-state index is 0.107. The van der Waals surface area contributed by atoms with Gasteiger partial charge < -0.3 is 9.72 Å². The molecule has 0 fully saturated rings. The Bertz CT molecular complexity index is 580. The number of carbonyl (C=O) groups excluding carboxylic acids is 1. The molecule has 0 aliphatic heterocycles. The number of aromatic amines is 1. The molecule has 1 aliphatic rings. The van der Waals surface area contributed by atoms with E-state index >= 15 is 0 Å². The first-order chi connectivity index (χ1) is 8.52. The van der Waals surface area contributed by atoms with Gasteiger partial charge in [-0.2, -0.15) is 0 Å². The Morgan fingerprint density at radius 3 is 3.06 bits per heavy atom. The van der Waals surface area contributed by atoms with E-state index in [-0.39, 0.29) is 17.1 Å². The molecule has 0 amide bonds. The molecule has 1 N–H and O–H groups in total. The molecule has 5 nitrogen and oxygen atoms in total. The van der Waals surface area contributed by atoms with Crippen molar-refractivity contribution in [2.75, 3.05) is 6.61 Å². The number of esters is 1. The van der Waals surface area contributed by atoms with E-state index in [1.54, 1.807) is 13.0 Å². The Morgan fingerprint density at radius 2 is 2.39 bits per heavy atom. The van der Waals surface area contributed by atoms with E-state index in [0.29, 0.717) is 17.8 Å². The van der Waals surface area contributed by atoms with Gasteiger partial charge in [-0.05, 0) is 13.0 Å². The standard InChI is InChI=1S/C11H10Br2N2O3/c1-2-18-11(17)9-10(16)15-8-4-6(13)5(12)3-7(8)14-9/h3,6H,2,4H2,1H3,(H,15,16). The topological polar surface area (TPSA) is 72.0 Å². The summed E-state index contributed by atoms with van der Waals surface area (Å²) in [6.45, 7) is 1.89. The van der Waals surface area contributed by atoms with Crippen molar-refractivity contribution in [1.82, 2.24) is 9.97 Å². The monoisotopic (exact) mass is 376 g/mol. The van der Waals surface area contributed by atoms with Crippen molar-refractivity contribution in [2.45, 2.75) is 18.2 Å². The van der Waals surface area contributed by atoms with Gasteiger partial charge in [-0.1, -0.05) is 31.9 Å². The van der Waals surface area contributed by atoms with Crippen LogP contribution in [0.1, 0.15) is 28.8 Å². The van der Waals surface area contributed by atoms with Gasteiger partial charge in [0.25, 0.3) is 5.56 Å². The van der Waals surface area contributed by atoms with Gasteiger partial charge in [0.15, 0.2) is 0 Å². The predicted molar refractivity (Wildman–Crippen MR) is 74.1 cm³/mol. The third kappa shape index (κ3) is 2.56. The zero-order valence-electron chi connectivity index (χ0n) is 9.50. The number of carbonyl (C=O) groups is 1. The molecule has 0 spiro atoms. The number of nitrogens with zero attached hydrogens (tertiary/aromatic N) is 1. The van der Waals surface area contributed by atoms with Crippen LogP contribution in [0.4, 0.5) is 0 Å². The van der Waals surface area contributed by atoms with Crippen molar-refractivity contribution >= 4 is 43.9 Å². The molecular formula is C11H10Br2N2O3. The summed E-state index contributed by atoms with van der Waals surface area (Å²) < 4.78 is 5.71. The second-order valence-electron chi connectivity index (χ2n) is 3.70. The number of allylic oxidation sites excluding steroid dienone is 1. The second kappa shape index (κ2) is 5.36. The fourth-order valence-corrected chi connectivity index (χ4v) is 2.44. The quantitative estimate of drug-likeness (QED) is 0.632. The average molecular weight is 378 g/mol. The van der Waals surface area contributed by atoms with Crippen molar-refractivity contribution in [3.63, 3.8) is 0 Å². The molecule has 2 rings (SSSR count). The maximum atomic E-state index is 11.7. The van der Waals surface area contributed by atoms with Crippen LogP contribution in [-0.4, -0.2) is 27.4 Å². The van der Waals surface area contributed by atoms with Gasteiger partial charge in [0.05, 0.1) is 17.1 Å². The molecule has 7 heteroatoms. The van der Waals surface area contributed by atoms with Gasteiger partial charge in [0.2, 0.25) is 5.69 Å². The molecular weight excluding hydrogens is 368 g/mol. The molecule has 0 aromatic carbocycles. The van der Waals surface area contributed by atoms with Gasteiger partial charge in [0.1, 0.15) is 0 Å². The molecule has 1 aromatic rings. The molecule has 1 aromatic heterocycles. The number of alkyl halides is 1. The van der Waals surface area contributed by atoms with Crippen LogP contribution < -0.4 is 5.56 Å². The highest BCUT2D eigenvalue weighted by molar-refractivity contribution is 9.14. The van der Waals surface area contributed by atoms with Crippen LogP contribution in [0.25, 0.3) is 6.08 Å².